The van der Waals surface area contributed by atoms with Gasteiger partial charge in [-0.15, -0.1) is 0 Å². The zero-order chi connectivity index (χ0) is 18.9. The molecule has 1 saturated carbocycles. The Balaban J connectivity index is 1.66. The van der Waals surface area contributed by atoms with Crippen molar-refractivity contribution in [3.05, 3.63) is 48.5 Å². The lowest BCUT2D eigenvalue weighted by Gasteiger charge is -2.31. The van der Waals surface area contributed by atoms with Crippen molar-refractivity contribution in [1.29, 1.82) is 0 Å². The van der Waals surface area contributed by atoms with Crippen LogP contribution in [0.1, 0.15) is 44.1 Å². The summed E-state index contributed by atoms with van der Waals surface area (Å²) in [6, 6.07) is 8.31. The van der Waals surface area contributed by atoms with Crippen LogP contribution in [0.3, 0.4) is 0 Å². The second-order valence-electron chi connectivity index (χ2n) is 7.16. The lowest BCUT2D eigenvalue weighted by molar-refractivity contribution is 0.162. The van der Waals surface area contributed by atoms with Crippen LogP contribution in [0, 0.1) is 0 Å². The molecule has 1 fully saturated rings. The number of nitrogens with zero attached hydrogens (tertiary/aromatic N) is 3. The largest absolute Gasteiger partial charge is 0.497 e. The summed E-state index contributed by atoms with van der Waals surface area (Å²) in [5, 5.41) is 3.09. The normalized spacial score (nSPS) is 15.1. The van der Waals surface area contributed by atoms with Crippen molar-refractivity contribution in [1.82, 2.24) is 19.8 Å². The number of carbonyl (C=O) groups excluding carboxylic acids is 1. The second kappa shape index (κ2) is 10.00. The Hall–Kier alpha value is -2.50. The Morgan fingerprint density at radius 2 is 2.11 bits per heavy atom. The fourth-order valence-electron chi connectivity index (χ4n) is 3.72. The van der Waals surface area contributed by atoms with Gasteiger partial charge >= 0.3 is 6.03 Å². The minimum Gasteiger partial charge on any atom is -0.497 e. The number of amides is 2. The van der Waals surface area contributed by atoms with Crippen LogP contribution >= 0.6 is 0 Å². The number of aromatic nitrogens is 2. The maximum Gasteiger partial charge on any atom is 0.318 e. The van der Waals surface area contributed by atoms with Crippen LogP contribution in [0.25, 0.3) is 0 Å². The molecule has 6 nitrogen and oxygen atoms in total. The Morgan fingerprint density at radius 1 is 1.30 bits per heavy atom. The van der Waals surface area contributed by atoms with Crippen LogP contribution < -0.4 is 10.1 Å². The van der Waals surface area contributed by atoms with Gasteiger partial charge in [0.2, 0.25) is 0 Å². The first kappa shape index (κ1) is 19.3. The molecule has 27 heavy (non-hydrogen) atoms. The van der Waals surface area contributed by atoms with Crippen molar-refractivity contribution >= 4 is 6.03 Å². The van der Waals surface area contributed by atoms with E-state index in [9.17, 15) is 4.79 Å². The maximum absolute atomic E-state index is 13.0. The van der Waals surface area contributed by atoms with Crippen LogP contribution in [-0.2, 0) is 13.1 Å². The predicted molar refractivity (Wildman–Crippen MR) is 106 cm³/mol. The molecule has 0 radical (unpaired) electrons. The van der Waals surface area contributed by atoms with E-state index in [0.717, 1.165) is 30.7 Å². The Morgan fingerprint density at radius 3 is 2.81 bits per heavy atom. The van der Waals surface area contributed by atoms with E-state index in [4.69, 9.17) is 4.74 Å². The molecule has 0 aliphatic heterocycles. The summed E-state index contributed by atoms with van der Waals surface area (Å²) in [5.41, 5.74) is 1.10. The van der Waals surface area contributed by atoms with Gasteiger partial charge in [-0.05, 0) is 30.5 Å². The van der Waals surface area contributed by atoms with Crippen LogP contribution in [0.4, 0.5) is 4.79 Å². The third kappa shape index (κ3) is 5.74. The van der Waals surface area contributed by atoms with E-state index in [0.29, 0.717) is 19.1 Å². The molecule has 0 saturated heterocycles. The van der Waals surface area contributed by atoms with E-state index in [1.807, 2.05) is 33.9 Å². The molecule has 2 amide bonds. The van der Waals surface area contributed by atoms with Crippen LogP contribution in [0.2, 0.25) is 0 Å². The highest BCUT2D eigenvalue weighted by atomic mass is 16.5. The zero-order valence-electron chi connectivity index (χ0n) is 16.1. The molecule has 0 bridgehead atoms. The van der Waals surface area contributed by atoms with Crippen molar-refractivity contribution < 1.29 is 9.53 Å². The Bertz CT molecular complexity index is 694. The lowest BCUT2D eigenvalue weighted by atomic mass is 10.1. The quantitative estimate of drug-likeness (QED) is 0.754. The topological polar surface area (TPSA) is 59.4 Å². The predicted octanol–water partition coefficient (Wildman–Crippen LogP) is 3.83. The number of imidazole rings is 1. The van der Waals surface area contributed by atoms with Gasteiger partial charge in [-0.1, -0.05) is 37.8 Å². The molecule has 1 aromatic heterocycles. The minimum absolute atomic E-state index is 0.0184. The van der Waals surface area contributed by atoms with Crippen LogP contribution in [0.15, 0.2) is 43.0 Å². The molecular formula is C21H30N4O2. The van der Waals surface area contributed by atoms with Gasteiger partial charge in [0.25, 0.3) is 0 Å². The molecule has 1 aromatic carbocycles. The van der Waals surface area contributed by atoms with Crippen LogP contribution in [-0.4, -0.2) is 40.2 Å². The van der Waals surface area contributed by atoms with E-state index in [1.54, 1.807) is 19.6 Å². The fraction of sp³-hybridized carbons (Fsp3) is 0.524. The van der Waals surface area contributed by atoms with Crippen molar-refractivity contribution in [2.24, 2.45) is 0 Å². The van der Waals surface area contributed by atoms with Crippen LogP contribution in [0.5, 0.6) is 5.75 Å². The average molecular weight is 370 g/mol. The average Bonchev–Trinajstić information content (AvgIpc) is 3.06. The molecule has 6 heteroatoms. The van der Waals surface area contributed by atoms with Gasteiger partial charge in [-0.3, -0.25) is 0 Å². The van der Waals surface area contributed by atoms with Gasteiger partial charge in [-0.2, -0.15) is 0 Å². The monoisotopic (exact) mass is 370 g/mol. The van der Waals surface area contributed by atoms with E-state index in [1.165, 1.54) is 25.7 Å². The third-order valence-electron chi connectivity index (χ3n) is 5.22. The fourth-order valence-corrected chi connectivity index (χ4v) is 3.72. The molecule has 1 heterocycles. The molecule has 1 N–H and O–H groups in total. The van der Waals surface area contributed by atoms with Gasteiger partial charge in [-0.25, -0.2) is 9.78 Å². The van der Waals surface area contributed by atoms with Gasteiger partial charge in [0.1, 0.15) is 5.75 Å². The van der Waals surface area contributed by atoms with Crippen molar-refractivity contribution in [2.75, 3.05) is 13.7 Å². The van der Waals surface area contributed by atoms with E-state index < -0.39 is 0 Å². The smallest absolute Gasteiger partial charge is 0.318 e. The number of nitrogens with one attached hydrogen (secondary N) is 1. The first-order chi connectivity index (χ1) is 13.3. The number of carbonyl (C=O) groups is 1. The molecule has 0 spiro atoms. The number of urea groups is 1. The molecule has 3 rings (SSSR count). The minimum atomic E-state index is 0.0184. The molecule has 0 atom stereocenters. The number of ether oxygens (including phenoxy) is 1. The molecule has 2 aromatic rings. The first-order valence-corrected chi connectivity index (χ1v) is 9.89. The number of methoxy groups -OCH3 is 1. The van der Waals surface area contributed by atoms with Crippen molar-refractivity contribution in [3.8, 4) is 5.75 Å². The van der Waals surface area contributed by atoms with Crippen molar-refractivity contribution in [2.45, 2.75) is 57.7 Å². The van der Waals surface area contributed by atoms with Gasteiger partial charge in [0.15, 0.2) is 0 Å². The number of benzene rings is 1. The standard InChI is InChI=1S/C21H30N4O2/c1-27-20-10-6-7-18(15-20)16-25(19-8-4-2-3-5-9-19)21(26)23-12-14-24-13-11-22-17-24/h6-7,10-11,13,15,17,19H,2-5,8-9,12,14,16H2,1H3,(H,23,26). The summed E-state index contributed by atoms with van der Waals surface area (Å²) in [7, 11) is 1.67. The summed E-state index contributed by atoms with van der Waals surface area (Å²) < 4.78 is 7.31. The van der Waals surface area contributed by atoms with Crippen molar-refractivity contribution in [3.63, 3.8) is 0 Å². The summed E-state index contributed by atoms with van der Waals surface area (Å²) in [4.78, 5) is 19.1. The van der Waals surface area contributed by atoms with Gasteiger partial charge < -0.3 is 19.5 Å². The highest BCUT2D eigenvalue weighted by Gasteiger charge is 2.24. The molecule has 0 unspecified atom stereocenters. The number of hydrogen-bond donors (Lipinski definition) is 1. The molecule has 1 aliphatic rings. The Kier molecular flexibility index (Phi) is 7.13. The first-order valence-electron chi connectivity index (χ1n) is 9.89. The van der Waals surface area contributed by atoms with E-state index in [-0.39, 0.29) is 6.03 Å². The third-order valence-corrected chi connectivity index (χ3v) is 5.22. The van der Waals surface area contributed by atoms with Gasteiger partial charge in [0, 0.05) is 38.1 Å². The number of rotatable bonds is 7. The van der Waals surface area contributed by atoms with E-state index in [2.05, 4.69) is 16.4 Å². The zero-order valence-corrected chi connectivity index (χ0v) is 16.1. The SMILES string of the molecule is COc1cccc(CN(C(=O)NCCn2ccnc2)C2CCCCCC2)c1. The Labute approximate surface area is 161 Å². The summed E-state index contributed by atoms with van der Waals surface area (Å²) >= 11 is 0. The molecule has 146 valence electrons. The van der Waals surface area contributed by atoms with Gasteiger partial charge in [0.05, 0.1) is 13.4 Å². The summed E-state index contributed by atoms with van der Waals surface area (Å²) in [6.45, 7) is 1.93. The highest BCUT2D eigenvalue weighted by Crippen LogP contribution is 2.24. The number of hydrogen-bond acceptors (Lipinski definition) is 3. The second-order valence-corrected chi connectivity index (χ2v) is 7.16. The summed E-state index contributed by atoms with van der Waals surface area (Å²) in [5.74, 6) is 0.828. The highest BCUT2D eigenvalue weighted by molar-refractivity contribution is 5.74. The molecule has 1 aliphatic carbocycles. The summed E-state index contributed by atoms with van der Waals surface area (Å²) in [6.07, 6.45) is 12.5. The maximum atomic E-state index is 13.0. The molecular weight excluding hydrogens is 340 g/mol. The van der Waals surface area contributed by atoms with E-state index >= 15 is 0 Å². The lowest BCUT2D eigenvalue weighted by Crippen LogP contribution is -2.46.